The van der Waals surface area contributed by atoms with Crippen molar-refractivity contribution < 1.29 is 14.3 Å². The Hall–Kier alpha value is -2.63. The maximum Gasteiger partial charge on any atom is 0.251 e. The molecule has 0 aliphatic heterocycles. The minimum absolute atomic E-state index is 0.222. The minimum Gasteiger partial charge on any atom is -0.383 e. The van der Waals surface area contributed by atoms with Crippen molar-refractivity contribution in [2.75, 3.05) is 25.6 Å². The van der Waals surface area contributed by atoms with Gasteiger partial charge in [0.05, 0.1) is 6.61 Å². The third-order valence-corrected chi connectivity index (χ3v) is 3.65. The summed E-state index contributed by atoms with van der Waals surface area (Å²) in [6, 6.07) is 14.0. The molecule has 0 fully saturated rings. The van der Waals surface area contributed by atoms with E-state index >= 15 is 0 Å². The van der Waals surface area contributed by atoms with E-state index in [9.17, 15) is 9.59 Å². The van der Waals surface area contributed by atoms with Crippen LogP contribution in [0.1, 0.15) is 15.9 Å². The summed E-state index contributed by atoms with van der Waals surface area (Å²) in [4.78, 5) is 24.0. The SMILES string of the molecule is COCCNC(=O)c1cccc(NC(=O)/C=C/c2ccccc2Cl)c1. The van der Waals surface area contributed by atoms with Gasteiger partial charge in [0.25, 0.3) is 5.91 Å². The van der Waals surface area contributed by atoms with Crippen LogP contribution in [0.2, 0.25) is 5.02 Å². The summed E-state index contributed by atoms with van der Waals surface area (Å²) in [5.41, 5.74) is 1.75. The van der Waals surface area contributed by atoms with Crippen molar-refractivity contribution in [1.29, 1.82) is 0 Å². The van der Waals surface area contributed by atoms with E-state index in [1.807, 2.05) is 18.2 Å². The monoisotopic (exact) mass is 358 g/mol. The van der Waals surface area contributed by atoms with Crippen molar-refractivity contribution in [2.45, 2.75) is 0 Å². The topological polar surface area (TPSA) is 67.4 Å². The average molecular weight is 359 g/mol. The summed E-state index contributed by atoms with van der Waals surface area (Å²) in [6.45, 7) is 0.863. The number of anilines is 1. The van der Waals surface area contributed by atoms with Crippen LogP contribution in [-0.4, -0.2) is 32.1 Å². The van der Waals surface area contributed by atoms with E-state index in [0.717, 1.165) is 5.56 Å². The number of carbonyl (C=O) groups excluding carboxylic acids is 2. The number of halogens is 1. The molecule has 25 heavy (non-hydrogen) atoms. The molecule has 0 saturated carbocycles. The quantitative estimate of drug-likeness (QED) is 0.589. The standard InChI is InChI=1S/C19H19ClN2O3/c1-25-12-11-21-19(24)15-6-4-7-16(13-15)22-18(23)10-9-14-5-2-3-8-17(14)20/h2-10,13H,11-12H2,1H3,(H,21,24)(H,22,23)/b10-9+. The Bertz CT molecular complexity index is 775. The smallest absolute Gasteiger partial charge is 0.251 e. The van der Waals surface area contributed by atoms with Crippen LogP contribution in [-0.2, 0) is 9.53 Å². The molecule has 2 amide bonds. The summed E-state index contributed by atoms with van der Waals surface area (Å²) >= 11 is 6.04. The lowest BCUT2D eigenvalue weighted by Crippen LogP contribution is -2.27. The molecule has 2 aromatic carbocycles. The van der Waals surface area contributed by atoms with Crippen LogP contribution in [0.3, 0.4) is 0 Å². The van der Waals surface area contributed by atoms with Gasteiger partial charge in [0.2, 0.25) is 5.91 Å². The number of methoxy groups -OCH3 is 1. The van der Waals surface area contributed by atoms with Gasteiger partial charge < -0.3 is 15.4 Å². The molecule has 0 radical (unpaired) electrons. The predicted octanol–water partition coefficient (Wildman–Crippen LogP) is 3.37. The van der Waals surface area contributed by atoms with E-state index in [2.05, 4.69) is 10.6 Å². The molecule has 0 bridgehead atoms. The fraction of sp³-hybridized carbons (Fsp3) is 0.158. The Kier molecular flexibility index (Phi) is 7.19. The van der Waals surface area contributed by atoms with Gasteiger partial charge in [-0.3, -0.25) is 9.59 Å². The molecule has 0 aromatic heterocycles. The van der Waals surface area contributed by atoms with Gasteiger partial charge in [-0.1, -0.05) is 35.9 Å². The maximum atomic E-state index is 12.0. The van der Waals surface area contributed by atoms with Crippen molar-refractivity contribution in [3.05, 3.63) is 70.8 Å². The first-order valence-corrected chi connectivity index (χ1v) is 8.09. The van der Waals surface area contributed by atoms with Crippen molar-refractivity contribution in [3.8, 4) is 0 Å². The van der Waals surface area contributed by atoms with E-state index in [4.69, 9.17) is 16.3 Å². The molecule has 2 N–H and O–H groups in total. The Morgan fingerprint density at radius 1 is 1.16 bits per heavy atom. The lowest BCUT2D eigenvalue weighted by atomic mass is 10.2. The summed E-state index contributed by atoms with van der Waals surface area (Å²) in [5, 5.41) is 6.02. The molecule has 5 nitrogen and oxygen atoms in total. The van der Waals surface area contributed by atoms with E-state index < -0.39 is 0 Å². The molecule has 0 heterocycles. The molecule has 6 heteroatoms. The molecule has 130 valence electrons. The molecule has 0 spiro atoms. The van der Waals surface area contributed by atoms with Crippen molar-refractivity contribution in [2.24, 2.45) is 0 Å². The van der Waals surface area contributed by atoms with E-state index in [1.54, 1.807) is 43.5 Å². The fourth-order valence-corrected chi connectivity index (χ4v) is 2.27. The lowest BCUT2D eigenvalue weighted by molar-refractivity contribution is -0.111. The zero-order chi connectivity index (χ0) is 18.1. The molecule has 0 atom stereocenters. The zero-order valence-electron chi connectivity index (χ0n) is 13.8. The number of nitrogens with one attached hydrogen (secondary N) is 2. The van der Waals surface area contributed by atoms with Crippen LogP contribution in [0, 0.1) is 0 Å². The Morgan fingerprint density at radius 2 is 1.96 bits per heavy atom. The molecule has 0 saturated heterocycles. The Balaban J connectivity index is 1.98. The molecule has 0 aliphatic carbocycles. The van der Waals surface area contributed by atoms with Gasteiger partial charge in [-0.25, -0.2) is 0 Å². The third kappa shape index (κ3) is 6.06. The van der Waals surface area contributed by atoms with Gasteiger partial charge in [0, 0.05) is 36.0 Å². The highest BCUT2D eigenvalue weighted by Crippen LogP contribution is 2.16. The number of hydrogen-bond donors (Lipinski definition) is 2. The Labute approximate surface area is 151 Å². The zero-order valence-corrected chi connectivity index (χ0v) is 14.5. The van der Waals surface area contributed by atoms with Crippen LogP contribution >= 0.6 is 11.6 Å². The van der Waals surface area contributed by atoms with Crippen LogP contribution in [0.5, 0.6) is 0 Å². The highest BCUT2D eigenvalue weighted by Gasteiger charge is 2.06. The number of rotatable bonds is 7. The molecular weight excluding hydrogens is 340 g/mol. The second-order valence-corrected chi connectivity index (χ2v) is 5.58. The second kappa shape index (κ2) is 9.61. The number of amides is 2. The Morgan fingerprint density at radius 3 is 2.72 bits per heavy atom. The highest BCUT2D eigenvalue weighted by atomic mass is 35.5. The van der Waals surface area contributed by atoms with Crippen LogP contribution in [0.15, 0.2) is 54.6 Å². The fourth-order valence-electron chi connectivity index (χ4n) is 2.07. The molecule has 0 unspecified atom stereocenters. The number of hydrogen-bond acceptors (Lipinski definition) is 3. The lowest BCUT2D eigenvalue weighted by Gasteiger charge is -2.07. The van der Waals surface area contributed by atoms with Gasteiger partial charge in [-0.15, -0.1) is 0 Å². The molecular formula is C19H19ClN2O3. The average Bonchev–Trinajstić information content (AvgIpc) is 2.61. The van der Waals surface area contributed by atoms with Crippen LogP contribution < -0.4 is 10.6 Å². The van der Waals surface area contributed by atoms with Gasteiger partial charge in [-0.2, -0.15) is 0 Å². The van der Waals surface area contributed by atoms with Gasteiger partial charge in [0.15, 0.2) is 0 Å². The van der Waals surface area contributed by atoms with Gasteiger partial charge >= 0.3 is 0 Å². The minimum atomic E-state index is -0.308. The number of ether oxygens (including phenoxy) is 1. The molecule has 2 rings (SSSR count). The van der Waals surface area contributed by atoms with E-state index in [1.165, 1.54) is 6.08 Å². The molecule has 0 aliphatic rings. The first kappa shape index (κ1) is 18.7. The number of benzene rings is 2. The van der Waals surface area contributed by atoms with Crippen LogP contribution in [0.4, 0.5) is 5.69 Å². The normalized spacial score (nSPS) is 10.6. The predicted molar refractivity (Wildman–Crippen MR) is 99.8 cm³/mol. The van der Waals surface area contributed by atoms with E-state index in [0.29, 0.717) is 29.4 Å². The number of carbonyl (C=O) groups is 2. The summed E-state index contributed by atoms with van der Waals surface area (Å²) in [5.74, 6) is -0.531. The summed E-state index contributed by atoms with van der Waals surface area (Å²) in [7, 11) is 1.57. The van der Waals surface area contributed by atoms with E-state index in [-0.39, 0.29) is 11.8 Å². The van der Waals surface area contributed by atoms with Crippen molar-refractivity contribution in [3.63, 3.8) is 0 Å². The van der Waals surface area contributed by atoms with Crippen LogP contribution in [0.25, 0.3) is 6.08 Å². The molecule has 2 aromatic rings. The van der Waals surface area contributed by atoms with Crippen molar-refractivity contribution >= 4 is 35.2 Å². The second-order valence-electron chi connectivity index (χ2n) is 5.17. The summed E-state index contributed by atoms with van der Waals surface area (Å²) in [6.07, 6.45) is 3.03. The van der Waals surface area contributed by atoms with Gasteiger partial charge in [0.1, 0.15) is 0 Å². The van der Waals surface area contributed by atoms with Crippen molar-refractivity contribution in [1.82, 2.24) is 5.32 Å². The third-order valence-electron chi connectivity index (χ3n) is 3.30. The highest BCUT2D eigenvalue weighted by molar-refractivity contribution is 6.32. The summed E-state index contributed by atoms with van der Waals surface area (Å²) < 4.78 is 4.89. The maximum absolute atomic E-state index is 12.0. The largest absolute Gasteiger partial charge is 0.383 e. The first-order chi connectivity index (χ1) is 12.1. The first-order valence-electron chi connectivity index (χ1n) is 7.71. The van der Waals surface area contributed by atoms with Gasteiger partial charge in [-0.05, 0) is 35.9 Å².